The molecule has 0 radical (unpaired) electrons. The second-order valence-corrected chi connectivity index (χ2v) is 7.28. The van der Waals surface area contributed by atoms with Gasteiger partial charge in [0.2, 0.25) is 0 Å². The third-order valence-corrected chi connectivity index (χ3v) is 5.82. The molecule has 0 bridgehead atoms. The highest BCUT2D eigenvalue weighted by molar-refractivity contribution is 5.93. The largest absolute Gasteiger partial charge is 0.462 e. The van der Waals surface area contributed by atoms with Crippen LogP contribution in [0.3, 0.4) is 0 Å². The quantitative estimate of drug-likeness (QED) is 0.794. The van der Waals surface area contributed by atoms with E-state index in [0.717, 1.165) is 29.9 Å². The van der Waals surface area contributed by atoms with Crippen molar-refractivity contribution < 1.29 is 9.53 Å². The van der Waals surface area contributed by atoms with Gasteiger partial charge in [-0.15, -0.1) is 0 Å². The van der Waals surface area contributed by atoms with Gasteiger partial charge in [-0.2, -0.15) is 0 Å². The summed E-state index contributed by atoms with van der Waals surface area (Å²) in [7, 11) is 0. The van der Waals surface area contributed by atoms with Crippen LogP contribution in [0.5, 0.6) is 0 Å². The summed E-state index contributed by atoms with van der Waals surface area (Å²) in [4.78, 5) is 19.3. The van der Waals surface area contributed by atoms with Crippen LogP contribution in [0.15, 0.2) is 24.5 Å². The average molecular weight is 341 g/mol. The molecule has 1 saturated carbocycles. The van der Waals surface area contributed by atoms with Crippen LogP contribution in [-0.2, 0) is 4.74 Å². The summed E-state index contributed by atoms with van der Waals surface area (Å²) in [6.07, 6.45) is 9.80. The maximum absolute atomic E-state index is 12.0. The van der Waals surface area contributed by atoms with Gasteiger partial charge in [-0.25, -0.2) is 9.78 Å². The molecule has 0 unspecified atom stereocenters. The first-order valence-corrected chi connectivity index (χ1v) is 9.64. The summed E-state index contributed by atoms with van der Waals surface area (Å²) in [6.45, 7) is 4.58. The lowest BCUT2D eigenvalue weighted by atomic mass is 10.0. The highest BCUT2D eigenvalue weighted by Crippen LogP contribution is 2.31. The molecule has 25 heavy (non-hydrogen) atoms. The number of piperidine rings is 1. The predicted octanol–water partition coefficient (Wildman–Crippen LogP) is 3.79. The van der Waals surface area contributed by atoms with Gasteiger partial charge in [-0.1, -0.05) is 12.8 Å². The number of carbonyl (C=O) groups excluding carboxylic acids is 1. The molecular formula is C20H27N3O2. The van der Waals surface area contributed by atoms with Crippen LogP contribution < -0.4 is 0 Å². The SMILES string of the molecule is CCOC(=O)c1ccc2ncn(C3CCN(C4CCCC4)CC3)c2c1. The van der Waals surface area contributed by atoms with Gasteiger partial charge >= 0.3 is 5.97 Å². The van der Waals surface area contributed by atoms with Crippen molar-refractivity contribution in [3.63, 3.8) is 0 Å². The summed E-state index contributed by atoms with van der Waals surface area (Å²) in [5.74, 6) is -0.256. The van der Waals surface area contributed by atoms with E-state index in [2.05, 4.69) is 14.5 Å². The number of hydrogen-bond acceptors (Lipinski definition) is 4. The van der Waals surface area contributed by atoms with Crippen molar-refractivity contribution in [2.45, 2.75) is 57.5 Å². The molecule has 1 aliphatic heterocycles. The molecule has 4 rings (SSSR count). The summed E-state index contributed by atoms with van der Waals surface area (Å²) in [6, 6.07) is 6.95. The van der Waals surface area contributed by atoms with Gasteiger partial charge in [0, 0.05) is 25.2 Å². The Bertz CT molecular complexity index is 740. The third kappa shape index (κ3) is 3.30. The van der Waals surface area contributed by atoms with Crippen LogP contribution in [0.4, 0.5) is 0 Å². The number of rotatable bonds is 4. The Morgan fingerprint density at radius 2 is 1.92 bits per heavy atom. The van der Waals surface area contributed by atoms with E-state index < -0.39 is 0 Å². The maximum atomic E-state index is 12.0. The number of aromatic nitrogens is 2. The van der Waals surface area contributed by atoms with Gasteiger partial charge < -0.3 is 14.2 Å². The number of benzene rings is 1. The second-order valence-electron chi connectivity index (χ2n) is 7.28. The van der Waals surface area contributed by atoms with Gasteiger partial charge in [0.25, 0.3) is 0 Å². The van der Waals surface area contributed by atoms with Crippen LogP contribution in [0.25, 0.3) is 11.0 Å². The molecule has 5 nitrogen and oxygen atoms in total. The molecule has 5 heteroatoms. The van der Waals surface area contributed by atoms with E-state index in [-0.39, 0.29) is 5.97 Å². The maximum Gasteiger partial charge on any atom is 0.338 e. The van der Waals surface area contributed by atoms with Crippen molar-refractivity contribution in [3.8, 4) is 0 Å². The van der Waals surface area contributed by atoms with E-state index in [1.807, 2.05) is 25.4 Å². The number of imidazole rings is 1. The molecule has 1 aliphatic carbocycles. The molecule has 1 saturated heterocycles. The molecule has 134 valence electrons. The fourth-order valence-electron chi connectivity index (χ4n) is 4.46. The molecule has 0 amide bonds. The molecule has 1 aromatic carbocycles. The lowest BCUT2D eigenvalue weighted by Crippen LogP contribution is -2.40. The molecule has 2 aliphatic rings. The second kappa shape index (κ2) is 7.16. The first-order valence-electron chi connectivity index (χ1n) is 9.64. The van der Waals surface area contributed by atoms with E-state index in [1.54, 1.807) is 6.07 Å². The Morgan fingerprint density at radius 3 is 2.64 bits per heavy atom. The number of fused-ring (bicyclic) bond motifs is 1. The van der Waals surface area contributed by atoms with Crippen molar-refractivity contribution in [1.82, 2.24) is 14.5 Å². The molecule has 2 heterocycles. The molecular weight excluding hydrogens is 314 g/mol. The lowest BCUT2D eigenvalue weighted by molar-refractivity contribution is 0.0526. The summed E-state index contributed by atoms with van der Waals surface area (Å²) in [5.41, 5.74) is 2.61. The highest BCUT2D eigenvalue weighted by Gasteiger charge is 2.28. The average Bonchev–Trinajstić information content (AvgIpc) is 3.31. The third-order valence-electron chi connectivity index (χ3n) is 5.82. The van der Waals surface area contributed by atoms with Crippen molar-refractivity contribution in [3.05, 3.63) is 30.1 Å². The zero-order chi connectivity index (χ0) is 17.2. The number of nitrogens with zero attached hydrogens (tertiary/aromatic N) is 3. The highest BCUT2D eigenvalue weighted by atomic mass is 16.5. The van der Waals surface area contributed by atoms with Gasteiger partial charge in [-0.05, 0) is 50.8 Å². The normalized spacial score (nSPS) is 20.4. The van der Waals surface area contributed by atoms with Crippen molar-refractivity contribution in [2.24, 2.45) is 0 Å². The van der Waals surface area contributed by atoms with Gasteiger partial charge in [0.05, 0.1) is 29.5 Å². The Balaban J connectivity index is 1.51. The predicted molar refractivity (Wildman–Crippen MR) is 97.8 cm³/mol. The first kappa shape index (κ1) is 16.6. The Hall–Kier alpha value is -1.88. The molecule has 0 N–H and O–H groups in total. The van der Waals surface area contributed by atoms with Crippen molar-refractivity contribution in [2.75, 3.05) is 19.7 Å². The van der Waals surface area contributed by atoms with E-state index in [1.165, 1.54) is 38.8 Å². The van der Waals surface area contributed by atoms with Crippen LogP contribution in [0.1, 0.15) is 61.8 Å². The number of carbonyl (C=O) groups is 1. The number of ether oxygens (including phenoxy) is 1. The van der Waals surface area contributed by atoms with E-state index >= 15 is 0 Å². The zero-order valence-electron chi connectivity index (χ0n) is 15.0. The molecule has 0 atom stereocenters. The Labute approximate surface area is 149 Å². The minimum absolute atomic E-state index is 0.256. The van der Waals surface area contributed by atoms with Crippen LogP contribution >= 0.6 is 0 Å². The van der Waals surface area contributed by atoms with Crippen molar-refractivity contribution >= 4 is 17.0 Å². The lowest BCUT2D eigenvalue weighted by Gasteiger charge is -2.36. The Kier molecular flexibility index (Phi) is 4.75. The topological polar surface area (TPSA) is 47.4 Å². The minimum atomic E-state index is -0.256. The van der Waals surface area contributed by atoms with Gasteiger partial charge in [0.1, 0.15) is 0 Å². The fraction of sp³-hybridized carbons (Fsp3) is 0.600. The number of hydrogen-bond donors (Lipinski definition) is 0. The molecule has 1 aromatic heterocycles. The van der Waals surface area contributed by atoms with E-state index in [4.69, 9.17) is 4.74 Å². The zero-order valence-corrected chi connectivity index (χ0v) is 15.0. The first-order chi connectivity index (χ1) is 12.3. The van der Waals surface area contributed by atoms with E-state index in [9.17, 15) is 4.79 Å². The summed E-state index contributed by atoms with van der Waals surface area (Å²) in [5, 5.41) is 0. The molecule has 0 spiro atoms. The smallest absolute Gasteiger partial charge is 0.338 e. The van der Waals surface area contributed by atoms with Crippen molar-refractivity contribution in [1.29, 1.82) is 0 Å². The van der Waals surface area contributed by atoms with Crippen LogP contribution in [-0.4, -0.2) is 46.2 Å². The standard InChI is InChI=1S/C20H27N3O2/c1-2-25-20(24)15-7-8-18-19(13-15)23(14-21-18)17-9-11-22(12-10-17)16-5-3-4-6-16/h7-8,13-14,16-17H,2-6,9-12H2,1H3. The van der Waals surface area contributed by atoms with Gasteiger partial charge in [-0.3, -0.25) is 0 Å². The minimum Gasteiger partial charge on any atom is -0.462 e. The fourth-order valence-corrected chi connectivity index (χ4v) is 4.46. The van der Waals surface area contributed by atoms with Gasteiger partial charge in [0.15, 0.2) is 0 Å². The number of esters is 1. The van der Waals surface area contributed by atoms with E-state index in [0.29, 0.717) is 18.2 Å². The monoisotopic (exact) mass is 341 g/mol. The molecule has 2 aromatic rings. The molecule has 2 fully saturated rings. The Morgan fingerprint density at radius 1 is 1.16 bits per heavy atom. The summed E-state index contributed by atoms with van der Waals surface area (Å²) >= 11 is 0. The number of likely N-dealkylation sites (tertiary alicyclic amines) is 1. The summed E-state index contributed by atoms with van der Waals surface area (Å²) < 4.78 is 7.40. The van der Waals surface area contributed by atoms with Crippen LogP contribution in [0.2, 0.25) is 0 Å². The van der Waals surface area contributed by atoms with Crippen LogP contribution in [0, 0.1) is 0 Å².